The van der Waals surface area contributed by atoms with Crippen LogP contribution in [0.2, 0.25) is 0 Å². The molecular formula is C19H26N4O5. The van der Waals surface area contributed by atoms with E-state index in [0.29, 0.717) is 68.9 Å². The maximum absolute atomic E-state index is 12.5. The molecule has 1 aromatic carbocycles. The first-order valence-electron chi connectivity index (χ1n) is 9.54. The average Bonchev–Trinajstić information content (AvgIpc) is 3.15. The van der Waals surface area contributed by atoms with Crippen LogP contribution in [0.4, 0.5) is 10.5 Å². The van der Waals surface area contributed by atoms with Crippen LogP contribution in [0.3, 0.4) is 0 Å². The molecule has 0 bridgehead atoms. The highest BCUT2D eigenvalue weighted by Gasteiger charge is 2.27. The minimum atomic E-state index is -0.549. The Kier molecular flexibility index (Phi) is 6.57. The Morgan fingerprint density at radius 1 is 1.11 bits per heavy atom. The number of nitrogens with one attached hydrogen (secondary N) is 2. The smallest absolute Gasteiger partial charge is 0.312 e. The van der Waals surface area contributed by atoms with Crippen LogP contribution < -0.4 is 25.8 Å². The second-order valence-corrected chi connectivity index (χ2v) is 6.96. The van der Waals surface area contributed by atoms with Crippen molar-refractivity contribution in [2.75, 3.05) is 31.7 Å². The number of hydrogen-bond acceptors (Lipinski definition) is 5. The molecule has 2 aliphatic rings. The third-order valence-corrected chi connectivity index (χ3v) is 4.98. The molecule has 3 rings (SSSR count). The Morgan fingerprint density at radius 3 is 2.61 bits per heavy atom. The Hall–Kier alpha value is -2.97. The number of nitrogens with zero attached hydrogens (tertiary/aromatic N) is 1. The average molecular weight is 390 g/mol. The van der Waals surface area contributed by atoms with E-state index in [2.05, 4.69) is 10.6 Å². The molecule has 1 saturated heterocycles. The quantitative estimate of drug-likeness (QED) is 0.608. The number of carbonyl (C=O) groups excluding carboxylic acids is 3. The van der Waals surface area contributed by atoms with Crippen molar-refractivity contribution < 1.29 is 23.9 Å². The number of urea groups is 1. The number of likely N-dealkylation sites (tertiary alicyclic amines) is 1. The number of unbranched alkanes of at least 4 members (excludes halogenated alkanes) is 1. The van der Waals surface area contributed by atoms with Crippen molar-refractivity contribution in [1.29, 1.82) is 0 Å². The minimum Gasteiger partial charge on any atom is -0.454 e. The fourth-order valence-electron chi connectivity index (χ4n) is 3.38. The number of benzene rings is 1. The number of ether oxygens (including phenoxy) is 2. The second-order valence-electron chi connectivity index (χ2n) is 6.96. The molecule has 2 aliphatic heterocycles. The minimum absolute atomic E-state index is 0.0384. The highest BCUT2D eigenvalue weighted by atomic mass is 16.7. The fourth-order valence-corrected chi connectivity index (χ4v) is 3.38. The standard InChI is InChI=1S/C19H26N4O5/c20-19(26)21-8-2-1-3-17(24)23-9-6-13(7-10-23)18(25)22-14-4-5-15-16(11-14)28-12-27-15/h4-5,11,13H,1-3,6-10,12H2,(H,22,25)(H3,20,21,26). The van der Waals surface area contributed by atoms with Gasteiger partial charge < -0.3 is 30.7 Å². The van der Waals surface area contributed by atoms with Crippen LogP contribution in [-0.4, -0.2) is 49.2 Å². The number of primary amides is 1. The van der Waals surface area contributed by atoms with Gasteiger partial charge in [-0.2, -0.15) is 0 Å². The molecule has 1 fully saturated rings. The monoisotopic (exact) mass is 390 g/mol. The van der Waals surface area contributed by atoms with Crippen LogP contribution in [0.1, 0.15) is 32.1 Å². The second kappa shape index (κ2) is 9.29. The Bertz CT molecular complexity index is 731. The lowest BCUT2D eigenvalue weighted by Gasteiger charge is -2.31. The molecule has 0 atom stereocenters. The van der Waals surface area contributed by atoms with Gasteiger partial charge in [0.2, 0.25) is 18.6 Å². The van der Waals surface area contributed by atoms with E-state index >= 15 is 0 Å². The third-order valence-electron chi connectivity index (χ3n) is 4.98. The summed E-state index contributed by atoms with van der Waals surface area (Å²) in [5.41, 5.74) is 5.67. The molecule has 152 valence electrons. The summed E-state index contributed by atoms with van der Waals surface area (Å²) in [6.45, 7) is 1.83. The van der Waals surface area contributed by atoms with Gasteiger partial charge in [-0.1, -0.05) is 0 Å². The molecule has 9 nitrogen and oxygen atoms in total. The number of anilines is 1. The van der Waals surface area contributed by atoms with Crippen LogP contribution in [-0.2, 0) is 9.59 Å². The summed E-state index contributed by atoms with van der Waals surface area (Å²) in [6, 6.07) is 4.77. The van der Waals surface area contributed by atoms with Crippen molar-refractivity contribution in [3.05, 3.63) is 18.2 Å². The summed E-state index contributed by atoms with van der Waals surface area (Å²) in [4.78, 5) is 37.2. The van der Waals surface area contributed by atoms with Crippen LogP contribution in [0.15, 0.2) is 18.2 Å². The van der Waals surface area contributed by atoms with E-state index in [0.717, 1.165) is 0 Å². The van der Waals surface area contributed by atoms with E-state index in [4.69, 9.17) is 15.2 Å². The number of piperidine rings is 1. The Balaban J connectivity index is 1.38. The molecule has 4 N–H and O–H groups in total. The Morgan fingerprint density at radius 2 is 1.86 bits per heavy atom. The Labute approximate surface area is 163 Å². The van der Waals surface area contributed by atoms with Gasteiger partial charge in [0.15, 0.2) is 11.5 Å². The zero-order valence-corrected chi connectivity index (χ0v) is 15.7. The number of amides is 4. The van der Waals surface area contributed by atoms with Crippen molar-refractivity contribution in [1.82, 2.24) is 10.2 Å². The summed E-state index contributed by atoms with van der Waals surface area (Å²) in [5.74, 6) is 1.24. The molecule has 0 aliphatic carbocycles. The summed E-state index contributed by atoms with van der Waals surface area (Å²) in [6.07, 6.45) is 3.14. The number of nitrogens with two attached hydrogens (primary N) is 1. The SMILES string of the molecule is NC(=O)NCCCCC(=O)N1CCC(C(=O)Nc2ccc3c(c2)OCO3)CC1. The normalized spacial score (nSPS) is 15.9. The predicted octanol–water partition coefficient (Wildman–Crippen LogP) is 1.43. The molecule has 0 unspecified atom stereocenters. The molecule has 0 aromatic heterocycles. The van der Waals surface area contributed by atoms with Gasteiger partial charge in [-0.15, -0.1) is 0 Å². The largest absolute Gasteiger partial charge is 0.454 e. The molecule has 1 aromatic rings. The van der Waals surface area contributed by atoms with Crippen LogP contribution >= 0.6 is 0 Å². The van der Waals surface area contributed by atoms with Gasteiger partial charge in [0.25, 0.3) is 0 Å². The highest BCUT2D eigenvalue weighted by Crippen LogP contribution is 2.34. The number of rotatable bonds is 7. The highest BCUT2D eigenvalue weighted by molar-refractivity contribution is 5.93. The van der Waals surface area contributed by atoms with Gasteiger partial charge in [0.1, 0.15) is 0 Å². The molecule has 2 heterocycles. The fraction of sp³-hybridized carbons (Fsp3) is 0.526. The van der Waals surface area contributed by atoms with Crippen molar-refractivity contribution in [3.8, 4) is 11.5 Å². The van der Waals surface area contributed by atoms with Crippen LogP contribution in [0.25, 0.3) is 0 Å². The summed E-state index contributed by atoms with van der Waals surface area (Å²) >= 11 is 0. The van der Waals surface area contributed by atoms with E-state index < -0.39 is 6.03 Å². The number of fused-ring (bicyclic) bond motifs is 1. The van der Waals surface area contributed by atoms with E-state index in [1.54, 1.807) is 18.2 Å². The van der Waals surface area contributed by atoms with E-state index in [1.807, 2.05) is 4.90 Å². The van der Waals surface area contributed by atoms with Crippen molar-refractivity contribution in [2.24, 2.45) is 11.7 Å². The first-order chi connectivity index (χ1) is 13.5. The maximum atomic E-state index is 12.5. The first-order valence-corrected chi connectivity index (χ1v) is 9.54. The predicted molar refractivity (Wildman–Crippen MR) is 102 cm³/mol. The molecule has 9 heteroatoms. The summed E-state index contributed by atoms with van der Waals surface area (Å²) in [7, 11) is 0. The molecular weight excluding hydrogens is 364 g/mol. The van der Waals surface area contributed by atoms with E-state index in [-0.39, 0.29) is 24.5 Å². The van der Waals surface area contributed by atoms with Crippen molar-refractivity contribution in [3.63, 3.8) is 0 Å². The van der Waals surface area contributed by atoms with Gasteiger partial charge in [-0.25, -0.2) is 4.79 Å². The van der Waals surface area contributed by atoms with E-state index in [1.165, 1.54) is 0 Å². The third kappa shape index (κ3) is 5.28. The van der Waals surface area contributed by atoms with Crippen LogP contribution in [0, 0.1) is 5.92 Å². The first kappa shape index (κ1) is 19.8. The van der Waals surface area contributed by atoms with Gasteiger partial charge >= 0.3 is 6.03 Å². The summed E-state index contributed by atoms with van der Waals surface area (Å²) < 4.78 is 10.6. The van der Waals surface area contributed by atoms with Gasteiger partial charge in [-0.3, -0.25) is 9.59 Å². The zero-order valence-electron chi connectivity index (χ0n) is 15.7. The maximum Gasteiger partial charge on any atom is 0.312 e. The topological polar surface area (TPSA) is 123 Å². The number of carbonyl (C=O) groups is 3. The molecule has 0 spiro atoms. The summed E-state index contributed by atoms with van der Waals surface area (Å²) in [5, 5.41) is 5.43. The lowest BCUT2D eigenvalue weighted by atomic mass is 9.95. The number of hydrogen-bond donors (Lipinski definition) is 3. The van der Waals surface area contributed by atoms with Gasteiger partial charge in [0.05, 0.1) is 0 Å². The van der Waals surface area contributed by atoms with Gasteiger partial charge in [0, 0.05) is 43.7 Å². The van der Waals surface area contributed by atoms with Crippen LogP contribution in [0.5, 0.6) is 11.5 Å². The van der Waals surface area contributed by atoms with E-state index in [9.17, 15) is 14.4 Å². The molecule has 0 saturated carbocycles. The lowest BCUT2D eigenvalue weighted by molar-refractivity contribution is -0.134. The van der Waals surface area contributed by atoms with Crippen molar-refractivity contribution >= 4 is 23.5 Å². The zero-order chi connectivity index (χ0) is 19.9. The molecule has 4 amide bonds. The lowest BCUT2D eigenvalue weighted by Crippen LogP contribution is -2.41. The molecule has 28 heavy (non-hydrogen) atoms. The van der Waals surface area contributed by atoms with Gasteiger partial charge in [-0.05, 0) is 37.8 Å². The molecule has 0 radical (unpaired) electrons. The van der Waals surface area contributed by atoms with Crippen molar-refractivity contribution in [2.45, 2.75) is 32.1 Å².